The molecule has 1 unspecified atom stereocenters. The second-order valence-corrected chi connectivity index (χ2v) is 9.67. The number of hydrogen-bond acceptors (Lipinski definition) is 6. The fraction of sp³-hybridized carbons (Fsp3) is 0.423. The molecule has 10 heteroatoms. The predicted molar refractivity (Wildman–Crippen MR) is 130 cm³/mol. The SMILES string of the molecule is CCOc1ccc2ccc(-c3nnc4ccc([C@H](N5CCC6(CCCN6)C5)C(F)(F)F)cn34)nc2c1. The van der Waals surface area contributed by atoms with E-state index in [1.54, 1.807) is 15.4 Å². The molecule has 0 amide bonds. The summed E-state index contributed by atoms with van der Waals surface area (Å²) in [5.41, 5.74) is 1.68. The minimum absolute atomic E-state index is 0.172. The van der Waals surface area contributed by atoms with E-state index in [-0.39, 0.29) is 11.1 Å². The van der Waals surface area contributed by atoms with E-state index >= 15 is 0 Å². The van der Waals surface area contributed by atoms with Crippen LogP contribution in [0.15, 0.2) is 48.7 Å². The van der Waals surface area contributed by atoms with Crippen LogP contribution in [-0.2, 0) is 0 Å². The van der Waals surface area contributed by atoms with Gasteiger partial charge in [-0.3, -0.25) is 9.30 Å². The highest BCUT2D eigenvalue weighted by Gasteiger charge is 2.50. The van der Waals surface area contributed by atoms with Crippen molar-refractivity contribution in [1.29, 1.82) is 0 Å². The summed E-state index contributed by atoms with van der Waals surface area (Å²) in [6.45, 7) is 4.11. The summed E-state index contributed by atoms with van der Waals surface area (Å²) in [7, 11) is 0. The summed E-state index contributed by atoms with van der Waals surface area (Å²) in [5.74, 6) is 1.10. The number of pyridine rings is 2. The highest BCUT2D eigenvalue weighted by Crippen LogP contribution is 2.43. The van der Waals surface area contributed by atoms with Crippen LogP contribution in [0.3, 0.4) is 0 Å². The molecule has 0 bridgehead atoms. The molecule has 0 radical (unpaired) electrons. The van der Waals surface area contributed by atoms with Gasteiger partial charge in [0.15, 0.2) is 11.5 Å². The molecule has 188 valence electrons. The Kier molecular flexibility index (Phi) is 5.60. The number of nitrogens with one attached hydrogen (secondary N) is 1. The summed E-state index contributed by atoms with van der Waals surface area (Å²) in [6, 6.07) is 10.8. The van der Waals surface area contributed by atoms with Gasteiger partial charge in [0.05, 0.1) is 12.1 Å². The van der Waals surface area contributed by atoms with Crippen LogP contribution in [0, 0.1) is 0 Å². The van der Waals surface area contributed by atoms with Gasteiger partial charge < -0.3 is 10.1 Å². The van der Waals surface area contributed by atoms with Crippen molar-refractivity contribution in [3.05, 3.63) is 54.2 Å². The lowest BCUT2D eigenvalue weighted by molar-refractivity contribution is -0.184. The minimum Gasteiger partial charge on any atom is -0.494 e. The van der Waals surface area contributed by atoms with Gasteiger partial charge >= 0.3 is 6.18 Å². The van der Waals surface area contributed by atoms with Crippen LogP contribution in [0.4, 0.5) is 13.2 Å². The Bertz CT molecular complexity index is 1410. The Morgan fingerprint density at radius 1 is 1.11 bits per heavy atom. The molecule has 3 aromatic heterocycles. The van der Waals surface area contributed by atoms with Crippen molar-refractivity contribution < 1.29 is 17.9 Å². The Morgan fingerprint density at radius 2 is 1.97 bits per heavy atom. The van der Waals surface area contributed by atoms with Gasteiger partial charge in [0.25, 0.3) is 0 Å². The lowest BCUT2D eigenvalue weighted by Gasteiger charge is -2.32. The van der Waals surface area contributed by atoms with Gasteiger partial charge in [0, 0.05) is 36.3 Å². The van der Waals surface area contributed by atoms with Crippen LogP contribution in [-0.4, -0.2) is 62.4 Å². The number of halogens is 3. The standard InChI is InChI=1S/C26H27F3N6O/c1-2-36-19-7-4-17-5-8-20(31-21(17)14-19)24-33-32-22-9-6-18(15-35(22)24)23(26(27,28)29)34-13-11-25(16-34)10-3-12-30-25/h4-9,14-15,23,30H,2-3,10-13,16H2,1H3/t23-,25?/m0/s1. The number of hydrogen-bond donors (Lipinski definition) is 1. The van der Waals surface area contributed by atoms with E-state index in [1.165, 1.54) is 12.3 Å². The van der Waals surface area contributed by atoms with Crippen LogP contribution in [0.5, 0.6) is 5.75 Å². The van der Waals surface area contributed by atoms with Crippen LogP contribution in [0.1, 0.15) is 37.8 Å². The van der Waals surface area contributed by atoms with E-state index in [0.29, 0.717) is 48.1 Å². The number of aromatic nitrogens is 4. The van der Waals surface area contributed by atoms with Crippen molar-refractivity contribution in [2.24, 2.45) is 0 Å². The molecule has 36 heavy (non-hydrogen) atoms. The maximum absolute atomic E-state index is 14.4. The average Bonchev–Trinajstić information content (AvgIpc) is 3.59. The van der Waals surface area contributed by atoms with Gasteiger partial charge in [0.1, 0.15) is 17.5 Å². The van der Waals surface area contributed by atoms with Crippen molar-refractivity contribution >= 4 is 16.6 Å². The Balaban J connectivity index is 1.39. The summed E-state index contributed by atoms with van der Waals surface area (Å²) in [5, 5.41) is 12.8. The monoisotopic (exact) mass is 496 g/mol. The number of rotatable bonds is 5. The normalized spacial score (nSPS) is 21.7. The molecule has 6 rings (SSSR count). The molecule has 0 saturated carbocycles. The zero-order valence-electron chi connectivity index (χ0n) is 19.9. The van der Waals surface area contributed by atoms with E-state index in [4.69, 9.17) is 9.72 Å². The first-order valence-corrected chi connectivity index (χ1v) is 12.3. The summed E-state index contributed by atoms with van der Waals surface area (Å²) < 4.78 is 50.5. The van der Waals surface area contributed by atoms with Gasteiger partial charge in [0.2, 0.25) is 0 Å². The zero-order chi connectivity index (χ0) is 24.9. The van der Waals surface area contributed by atoms with Crippen molar-refractivity contribution in [3.63, 3.8) is 0 Å². The molecule has 2 fully saturated rings. The predicted octanol–water partition coefficient (Wildman–Crippen LogP) is 4.77. The number of likely N-dealkylation sites (tertiary alicyclic amines) is 1. The Labute approximate surface area is 206 Å². The molecule has 2 saturated heterocycles. The van der Waals surface area contributed by atoms with Crippen molar-refractivity contribution in [2.45, 2.75) is 43.9 Å². The number of fused-ring (bicyclic) bond motifs is 2. The molecule has 2 aliphatic rings. The summed E-state index contributed by atoms with van der Waals surface area (Å²) in [6.07, 6.45) is -0.252. The molecule has 5 heterocycles. The molecule has 7 nitrogen and oxygen atoms in total. The van der Waals surface area contributed by atoms with Gasteiger partial charge in [-0.05, 0) is 62.6 Å². The molecule has 1 aromatic carbocycles. The maximum Gasteiger partial charge on any atom is 0.408 e. The fourth-order valence-electron chi connectivity index (χ4n) is 5.67. The van der Waals surface area contributed by atoms with Crippen molar-refractivity contribution in [3.8, 4) is 17.3 Å². The third-order valence-electron chi connectivity index (χ3n) is 7.34. The minimum atomic E-state index is -4.41. The Morgan fingerprint density at radius 3 is 2.75 bits per heavy atom. The smallest absolute Gasteiger partial charge is 0.408 e. The van der Waals surface area contributed by atoms with E-state index < -0.39 is 12.2 Å². The van der Waals surface area contributed by atoms with Crippen molar-refractivity contribution in [2.75, 3.05) is 26.2 Å². The van der Waals surface area contributed by atoms with Gasteiger partial charge in [-0.2, -0.15) is 13.2 Å². The molecular formula is C26H27F3N6O. The largest absolute Gasteiger partial charge is 0.494 e. The summed E-state index contributed by atoms with van der Waals surface area (Å²) in [4.78, 5) is 6.28. The van der Waals surface area contributed by atoms with Crippen LogP contribution in [0.25, 0.3) is 28.1 Å². The molecule has 1 N–H and O–H groups in total. The molecule has 2 aliphatic heterocycles. The first-order chi connectivity index (χ1) is 17.4. The van der Waals surface area contributed by atoms with Crippen LogP contribution in [0.2, 0.25) is 0 Å². The molecule has 2 atom stereocenters. The number of ether oxygens (including phenoxy) is 1. The van der Waals surface area contributed by atoms with Crippen LogP contribution < -0.4 is 10.1 Å². The second-order valence-electron chi connectivity index (χ2n) is 9.67. The highest BCUT2D eigenvalue weighted by atomic mass is 19.4. The lowest BCUT2D eigenvalue weighted by Crippen LogP contribution is -2.45. The van der Waals surface area contributed by atoms with E-state index in [0.717, 1.165) is 31.2 Å². The number of benzene rings is 1. The van der Waals surface area contributed by atoms with Crippen molar-refractivity contribution in [1.82, 2.24) is 29.8 Å². The van der Waals surface area contributed by atoms with Gasteiger partial charge in [-0.15, -0.1) is 10.2 Å². The topological polar surface area (TPSA) is 67.6 Å². The molecular weight excluding hydrogens is 469 g/mol. The van der Waals surface area contributed by atoms with E-state index in [2.05, 4.69) is 15.5 Å². The fourth-order valence-corrected chi connectivity index (χ4v) is 5.67. The maximum atomic E-state index is 14.4. The number of nitrogens with zero attached hydrogens (tertiary/aromatic N) is 5. The van der Waals surface area contributed by atoms with Crippen LogP contribution >= 0.6 is 0 Å². The lowest BCUT2D eigenvalue weighted by atomic mass is 9.97. The first kappa shape index (κ1) is 23.2. The first-order valence-electron chi connectivity index (χ1n) is 12.3. The molecule has 0 aliphatic carbocycles. The number of alkyl halides is 3. The van der Waals surface area contributed by atoms with Gasteiger partial charge in [-0.25, -0.2) is 4.98 Å². The third kappa shape index (κ3) is 4.08. The third-order valence-corrected chi connectivity index (χ3v) is 7.34. The van der Waals surface area contributed by atoms with Gasteiger partial charge in [-0.1, -0.05) is 12.1 Å². The Hall–Kier alpha value is -3.24. The molecule has 1 spiro atoms. The molecule has 4 aromatic rings. The highest BCUT2D eigenvalue weighted by molar-refractivity contribution is 5.82. The summed E-state index contributed by atoms with van der Waals surface area (Å²) >= 11 is 0. The second kappa shape index (κ2) is 8.70. The van der Waals surface area contributed by atoms with E-state index in [9.17, 15) is 13.2 Å². The quantitative estimate of drug-likeness (QED) is 0.429. The average molecular weight is 497 g/mol. The van der Waals surface area contributed by atoms with E-state index in [1.807, 2.05) is 37.3 Å². The zero-order valence-corrected chi connectivity index (χ0v) is 19.9.